The number of anilines is 2. The van der Waals surface area contributed by atoms with Crippen LogP contribution in [0.1, 0.15) is 63.1 Å². The molecular weight excluding hydrogens is 502 g/mol. The van der Waals surface area contributed by atoms with Crippen molar-refractivity contribution in [3.8, 4) is 5.82 Å². The number of nitrogens with one attached hydrogen (secondary N) is 1. The lowest BCUT2D eigenvalue weighted by atomic mass is 9.80. The van der Waals surface area contributed by atoms with Gasteiger partial charge in [0.05, 0.1) is 12.2 Å². The zero-order valence-corrected chi connectivity index (χ0v) is 23.3. The molecule has 1 saturated heterocycles. The average molecular weight is 540 g/mol. The van der Waals surface area contributed by atoms with Gasteiger partial charge in [-0.2, -0.15) is 4.98 Å². The first-order valence-electron chi connectivity index (χ1n) is 14.2. The Morgan fingerprint density at radius 1 is 1.07 bits per heavy atom. The molecule has 9 heteroatoms. The minimum Gasteiger partial charge on any atom is -0.384 e. The summed E-state index contributed by atoms with van der Waals surface area (Å²) in [4.78, 5) is 29.7. The van der Waals surface area contributed by atoms with Crippen LogP contribution in [0.15, 0.2) is 66.1 Å². The van der Waals surface area contributed by atoms with E-state index in [0.717, 1.165) is 11.7 Å². The Hall–Kier alpha value is -3.82. The molecule has 1 aliphatic heterocycles. The Labute approximate surface area is 234 Å². The zero-order chi connectivity index (χ0) is 27.9. The maximum atomic E-state index is 13.2. The van der Waals surface area contributed by atoms with E-state index in [1.165, 1.54) is 55.4 Å². The maximum Gasteiger partial charge on any atom is 0.278 e. The van der Waals surface area contributed by atoms with Gasteiger partial charge in [0.15, 0.2) is 11.5 Å². The average Bonchev–Trinajstić information content (AvgIpc) is 3.19. The van der Waals surface area contributed by atoms with Crippen molar-refractivity contribution in [1.29, 1.82) is 0 Å². The number of aliphatic hydroxyl groups is 1. The van der Waals surface area contributed by atoms with Crippen LogP contribution in [0.4, 0.5) is 11.6 Å². The van der Waals surface area contributed by atoms with Crippen LogP contribution in [0.3, 0.4) is 0 Å². The van der Waals surface area contributed by atoms with E-state index in [-0.39, 0.29) is 12.1 Å². The molecule has 0 unspecified atom stereocenters. The van der Waals surface area contributed by atoms with E-state index in [1.54, 1.807) is 42.9 Å². The highest BCUT2D eigenvalue weighted by molar-refractivity contribution is 5.77. The van der Waals surface area contributed by atoms with Gasteiger partial charge in [-0.1, -0.05) is 24.3 Å². The number of fused-ring (bicyclic) bond motifs is 1. The van der Waals surface area contributed by atoms with Gasteiger partial charge >= 0.3 is 0 Å². The molecule has 208 valence electrons. The lowest BCUT2D eigenvalue weighted by Gasteiger charge is -2.42. The molecule has 2 fully saturated rings. The normalized spacial score (nSPS) is 19.9. The number of hydrogen-bond acceptors (Lipinski definition) is 7. The molecule has 2 aliphatic rings. The fourth-order valence-corrected chi connectivity index (χ4v) is 5.94. The van der Waals surface area contributed by atoms with Crippen molar-refractivity contribution in [3.63, 3.8) is 0 Å². The monoisotopic (exact) mass is 539 g/mol. The highest BCUT2D eigenvalue weighted by Crippen LogP contribution is 2.36. The summed E-state index contributed by atoms with van der Waals surface area (Å²) in [7, 11) is 0. The molecule has 0 atom stereocenters. The van der Waals surface area contributed by atoms with Crippen molar-refractivity contribution in [2.45, 2.75) is 70.1 Å². The lowest BCUT2D eigenvalue weighted by molar-refractivity contribution is 0.0738. The summed E-state index contributed by atoms with van der Waals surface area (Å²) >= 11 is 0. The van der Waals surface area contributed by atoms with Crippen molar-refractivity contribution < 1.29 is 5.11 Å². The molecule has 40 heavy (non-hydrogen) atoms. The lowest BCUT2D eigenvalue weighted by Crippen LogP contribution is -2.46. The molecule has 6 rings (SSSR count). The molecule has 9 nitrogen and oxygen atoms in total. The van der Waals surface area contributed by atoms with Crippen LogP contribution in [0.25, 0.3) is 16.9 Å². The van der Waals surface area contributed by atoms with Crippen LogP contribution in [0.5, 0.6) is 0 Å². The highest BCUT2D eigenvalue weighted by atomic mass is 16.3. The third-order valence-corrected chi connectivity index (χ3v) is 8.30. The minimum atomic E-state index is -1.13. The number of rotatable bonds is 8. The number of aromatic nitrogens is 5. The quantitative estimate of drug-likeness (QED) is 0.308. The Balaban J connectivity index is 1.26. The Morgan fingerprint density at radius 2 is 1.82 bits per heavy atom. The number of benzene rings is 1. The molecule has 3 aromatic heterocycles. The van der Waals surface area contributed by atoms with Crippen LogP contribution in [0, 0.1) is 0 Å². The van der Waals surface area contributed by atoms with Crippen molar-refractivity contribution in [3.05, 3.63) is 82.9 Å². The molecule has 0 radical (unpaired) electrons. The van der Waals surface area contributed by atoms with Crippen molar-refractivity contribution in [1.82, 2.24) is 29.2 Å². The number of pyridine rings is 1. The fraction of sp³-hybridized carbons (Fsp3) is 0.419. The SMILES string of the molecule is C=CCn1c(=O)c2cnc(Nc3ccc(C4CCC(N5CCC5)CC4)cc3)nc2n1-c1cccc(C(C)(C)O)n1. The van der Waals surface area contributed by atoms with Gasteiger partial charge in [-0.15, -0.1) is 6.58 Å². The molecule has 1 aromatic carbocycles. The second-order valence-corrected chi connectivity index (χ2v) is 11.5. The number of nitrogens with zero attached hydrogens (tertiary/aromatic N) is 6. The first-order chi connectivity index (χ1) is 19.3. The Bertz CT molecular complexity index is 1570. The van der Waals surface area contributed by atoms with Gasteiger partial charge in [-0.3, -0.25) is 4.79 Å². The molecule has 1 saturated carbocycles. The number of allylic oxidation sites excluding steroid dienone is 1. The molecule has 4 heterocycles. The summed E-state index contributed by atoms with van der Waals surface area (Å²) < 4.78 is 3.19. The predicted octanol–water partition coefficient (Wildman–Crippen LogP) is 4.87. The van der Waals surface area contributed by atoms with Gasteiger partial charge < -0.3 is 15.3 Å². The zero-order valence-electron chi connectivity index (χ0n) is 23.3. The largest absolute Gasteiger partial charge is 0.384 e. The fourth-order valence-electron chi connectivity index (χ4n) is 5.94. The van der Waals surface area contributed by atoms with Gasteiger partial charge in [0, 0.05) is 17.9 Å². The third kappa shape index (κ3) is 5.07. The van der Waals surface area contributed by atoms with Gasteiger partial charge in [-0.05, 0) is 94.8 Å². The summed E-state index contributed by atoms with van der Waals surface area (Å²) in [6.45, 7) is 10.00. The second kappa shape index (κ2) is 10.6. The van der Waals surface area contributed by atoms with E-state index in [9.17, 15) is 9.90 Å². The standard InChI is InChI=1S/C31H37N7O2/c1-4-17-37-29(39)25-20-32-30(35-28(25)38(37)27-8-5-7-26(34-27)31(2,3)40)33-23-13-9-21(10-14-23)22-11-15-24(16-12-22)36-18-6-19-36/h4-5,7-10,13-14,20,22,24,40H,1,6,11-12,15-19H2,2-3H3,(H,32,33,35). The first-order valence-corrected chi connectivity index (χ1v) is 14.2. The molecule has 2 N–H and O–H groups in total. The highest BCUT2D eigenvalue weighted by Gasteiger charge is 2.29. The van der Waals surface area contributed by atoms with Crippen LogP contribution in [0.2, 0.25) is 0 Å². The van der Waals surface area contributed by atoms with Gasteiger partial charge in [0.2, 0.25) is 5.95 Å². The van der Waals surface area contributed by atoms with Crippen LogP contribution in [-0.2, 0) is 12.1 Å². The minimum absolute atomic E-state index is 0.231. The summed E-state index contributed by atoms with van der Waals surface area (Å²) in [5.41, 5.74) is 1.83. The van der Waals surface area contributed by atoms with Crippen LogP contribution < -0.4 is 10.9 Å². The summed E-state index contributed by atoms with van der Waals surface area (Å²) in [6, 6.07) is 14.7. The van der Waals surface area contributed by atoms with Gasteiger partial charge in [-0.25, -0.2) is 19.3 Å². The van der Waals surface area contributed by atoms with Crippen molar-refractivity contribution >= 4 is 22.7 Å². The molecule has 1 aliphatic carbocycles. The molecule has 4 aromatic rings. The van der Waals surface area contributed by atoms with Gasteiger partial charge in [0.25, 0.3) is 5.56 Å². The van der Waals surface area contributed by atoms with E-state index in [0.29, 0.717) is 34.4 Å². The van der Waals surface area contributed by atoms with Crippen LogP contribution >= 0.6 is 0 Å². The molecular formula is C31H37N7O2. The number of hydrogen-bond donors (Lipinski definition) is 2. The Morgan fingerprint density at radius 3 is 2.48 bits per heavy atom. The number of likely N-dealkylation sites (tertiary alicyclic amines) is 1. The van der Waals surface area contributed by atoms with Gasteiger partial charge in [0.1, 0.15) is 11.0 Å². The smallest absolute Gasteiger partial charge is 0.278 e. The first kappa shape index (κ1) is 26.4. The summed E-state index contributed by atoms with van der Waals surface area (Å²) in [6.07, 6.45) is 9.63. The predicted molar refractivity (Wildman–Crippen MR) is 157 cm³/mol. The summed E-state index contributed by atoms with van der Waals surface area (Å²) in [5.74, 6) is 1.48. The van der Waals surface area contributed by atoms with Crippen LogP contribution in [-0.4, -0.2) is 53.5 Å². The van der Waals surface area contributed by atoms with E-state index in [1.807, 2.05) is 6.07 Å². The Kier molecular flexibility index (Phi) is 7.02. The van der Waals surface area contributed by atoms with Crippen molar-refractivity contribution in [2.75, 3.05) is 18.4 Å². The van der Waals surface area contributed by atoms with E-state index >= 15 is 0 Å². The molecule has 0 spiro atoms. The molecule has 0 amide bonds. The topological polar surface area (TPSA) is 101 Å². The van der Waals surface area contributed by atoms with E-state index in [4.69, 9.17) is 4.98 Å². The maximum absolute atomic E-state index is 13.2. The summed E-state index contributed by atoms with van der Waals surface area (Å²) in [5, 5.41) is 14.2. The third-order valence-electron chi connectivity index (χ3n) is 8.30. The second-order valence-electron chi connectivity index (χ2n) is 11.5. The van der Waals surface area contributed by atoms with E-state index in [2.05, 4.69) is 51.0 Å². The molecule has 0 bridgehead atoms. The van der Waals surface area contributed by atoms with Crippen molar-refractivity contribution in [2.24, 2.45) is 0 Å². The van der Waals surface area contributed by atoms with E-state index < -0.39 is 5.60 Å².